The van der Waals surface area contributed by atoms with Gasteiger partial charge in [-0.05, 0) is 63.9 Å². The number of esters is 1. The van der Waals surface area contributed by atoms with Crippen molar-refractivity contribution < 1.29 is 19.1 Å². The summed E-state index contributed by atoms with van der Waals surface area (Å²) in [7, 11) is 0. The monoisotopic (exact) mass is 447 g/mol. The first kappa shape index (κ1) is 23.8. The SMILES string of the molecule is Cc1cc(C)c(NC(=O)CNC(=O)COC(=O)c2cc(C)n(-c3ccccc3)c2C)c(C)c1. The molecule has 3 rings (SSSR count). The molecule has 0 aliphatic heterocycles. The maximum atomic E-state index is 12.6. The zero-order chi connectivity index (χ0) is 24.1. The van der Waals surface area contributed by atoms with Crippen molar-refractivity contribution in [3.8, 4) is 5.69 Å². The van der Waals surface area contributed by atoms with Crippen molar-refractivity contribution in [2.24, 2.45) is 0 Å². The third kappa shape index (κ3) is 5.68. The second kappa shape index (κ2) is 10.2. The highest BCUT2D eigenvalue weighted by molar-refractivity contribution is 5.97. The molecule has 33 heavy (non-hydrogen) atoms. The molecule has 0 bridgehead atoms. The van der Waals surface area contributed by atoms with Crippen molar-refractivity contribution in [1.82, 2.24) is 9.88 Å². The molecule has 172 valence electrons. The number of carbonyl (C=O) groups is 3. The van der Waals surface area contributed by atoms with Crippen LogP contribution in [-0.4, -0.2) is 35.5 Å². The van der Waals surface area contributed by atoms with Crippen molar-refractivity contribution >= 4 is 23.5 Å². The van der Waals surface area contributed by atoms with Gasteiger partial charge in [0.05, 0.1) is 12.1 Å². The van der Waals surface area contributed by atoms with Gasteiger partial charge in [0.1, 0.15) is 0 Å². The Morgan fingerprint density at radius 3 is 2.15 bits per heavy atom. The lowest BCUT2D eigenvalue weighted by atomic mass is 10.1. The first-order chi connectivity index (χ1) is 15.7. The third-order valence-corrected chi connectivity index (χ3v) is 5.39. The van der Waals surface area contributed by atoms with E-state index in [9.17, 15) is 14.4 Å². The van der Waals surface area contributed by atoms with Crippen LogP contribution in [-0.2, 0) is 14.3 Å². The Morgan fingerprint density at radius 2 is 1.52 bits per heavy atom. The van der Waals surface area contributed by atoms with Gasteiger partial charge in [-0.2, -0.15) is 0 Å². The molecule has 0 aliphatic carbocycles. The maximum absolute atomic E-state index is 12.6. The summed E-state index contributed by atoms with van der Waals surface area (Å²) in [6.45, 7) is 8.88. The summed E-state index contributed by atoms with van der Waals surface area (Å²) < 4.78 is 7.14. The summed E-state index contributed by atoms with van der Waals surface area (Å²) in [5.74, 6) is -1.49. The number of carbonyl (C=O) groups excluding carboxylic acids is 3. The molecule has 1 aromatic heterocycles. The van der Waals surface area contributed by atoms with E-state index in [1.165, 1.54) is 0 Å². The van der Waals surface area contributed by atoms with Gasteiger partial charge in [-0.25, -0.2) is 4.79 Å². The van der Waals surface area contributed by atoms with Crippen LogP contribution in [0.5, 0.6) is 0 Å². The van der Waals surface area contributed by atoms with E-state index in [0.29, 0.717) is 5.56 Å². The Hall–Kier alpha value is -3.87. The highest BCUT2D eigenvalue weighted by atomic mass is 16.5. The zero-order valence-corrected chi connectivity index (χ0v) is 19.6. The minimum atomic E-state index is -0.587. The van der Waals surface area contributed by atoms with Gasteiger partial charge in [0.2, 0.25) is 5.91 Å². The van der Waals surface area contributed by atoms with Crippen LogP contribution in [0.1, 0.15) is 38.4 Å². The van der Waals surface area contributed by atoms with Crippen molar-refractivity contribution in [2.75, 3.05) is 18.5 Å². The zero-order valence-electron chi connectivity index (χ0n) is 19.6. The predicted molar refractivity (Wildman–Crippen MR) is 128 cm³/mol. The molecule has 0 atom stereocenters. The summed E-state index contributed by atoms with van der Waals surface area (Å²) in [4.78, 5) is 36.9. The first-order valence-corrected chi connectivity index (χ1v) is 10.7. The lowest BCUT2D eigenvalue weighted by Crippen LogP contribution is -2.35. The topological polar surface area (TPSA) is 89.4 Å². The van der Waals surface area contributed by atoms with E-state index in [4.69, 9.17) is 4.74 Å². The quantitative estimate of drug-likeness (QED) is 0.537. The number of anilines is 1. The largest absolute Gasteiger partial charge is 0.452 e. The predicted octanol–water partition coefficient (Wildman–Crippen LogP) is 3.93. The molecule has 2 aromatic carbocycles. The van der Waals surface area contributed by atoms with E-state index in [2.05, 4.69) is 10.6 Å². The maximum Gasteiger partial charge on any atom is 0.340 e. The van der Waals surface area contributed by atoms with Crippen molar-refractivity contribution in [3.05, 3.63) is 82.2 Å². The Bertz CT molecular complexity index is 1170. The summed E-state index contributed by atoms with van der Waals surface area (Å²) in [5, 5.41) is 5.30. The van der Waals surface area contributed by atoms with Crippen LogP contribution in [0.15, 0.2) is 48.5 Å². The third-order valence-electron chi connectivity index (χ3n) is 5.39. The molecule has 0 saturated heterocycles. The highest BCUT2D eigenvalue weighted by Crippen LogP contribution is 2.22. The number of benzene rings is 2. The van der Waals surface area contributed by atoms with Crippen LogP contribution in [0.3, 0.4) is 0 Å². The summed E-state index contributed by atoms with van der Waals surface area (Å²) in [6, 6.07) is 15.4. The van der Waals surface area contributed by atoms with Gasteiger partial charge in [0.15, 0.2) is 6.61 Å². The molecule has 0 aliphatic rings. The van der Waals surface area contributed by atoms with Crippen LogP contribution in [0.25, 0.3) is 5.69 Å². The first-order valence-electron chi connectivity index (χ1n) is 10.7. The normalized spacial score (nSPS) is 10.6. The molecule has 0 saturated carbocycles. The Kier molecular flexibility index (Phi) is 7.33. The standard InChI is InChI=1S/C26H29N3O4/c1-16-11-17(2)25(18(3)12-16)28-23(30)14-27-24(31)15-33-26(32)22-13-19(4)29(20(22)5)21-9-7-6-8-10-21/h6-13H,14-15H2,1-5H3,(H,27,31)(H,28,30). The number of hydrogen-bond acceptors (Lipinski definition) is 4. The van der Waals surface area contributed by atoms with E-state index in [0.717, 1.165) is 39.5 Å². The number of nitrogens with zero attached hydrogens (tertiary/aromatic N) is 1. The molecule has 0 unspecified atom stereocenters. The lowest BCUT2D eigenvalue weighted by molar-refractivity contribution is -0.126. The average molecular weight is 448 g/mol. The molecule has 1 heterocycles. The average Bonchev–Trinajstić information content (AvgIpc) is 3.07. The fraction of sp³-hybridized carbons (Fsp3) is 0.269. The van der Waals surface area contributed by atoms with E-state index < -0.39 is 18.5 Å². The van der Waals surface area contributed by atoms with Crippen LogP contribution in [0, 0.1) is 34.6 Å². The van der Waals surface area contributed by atoms with Gasteiger partial charge < -0.3 is 19.9 Å². The van der Waals surface area contributed by atoms with Crippen LogP contribution >= 0.6 is 0 Å². The summed E-state index contributed by atoms with van der Waals surface area (Å²) in [6.07, 6.45) is 0. The van der Waals surface area contributed by atoms with Gasteiger partial charge >= 0.3 is 5.97 Å². The Morgan fingerprint density at radius 1 is 0.879 bits per heavy atom. The Labute approximate surface area is 193 Å². The Balaban J connectivity index is 1.53. The molecule has 7 heteroatoms. The van der Waals surface area contributed by atoms with E-state index in [-0.39, 0.29) is 12.5 Å². The van der Waals surface area contributed by atoms with Crippen LogP contribution in [0.4, 0.5) is 5.69 Å². The molecule has 2 N–H and O–H groups in total. The minimum Gasteiger partial charge on any atom is -0.452 e. The van der Waals surface area contributed by atoms with Gasteiger partial charge in [0.25, 0.3) is 5.91 Å². The molecule has 0 fully saturated rings. The number of aromatic nitrogens is 1. The van der Waals surface area contributed by atoms with Crippen LogP contribution in [0.2, 0.25) is 0 Å². The van der Waals surface area contributed by atoms with Gasteiger partial charge in [-0.15, -0.1) is 0 Å². The van der Waals surface area contributed by atoms with Gasteiger partial charge in [-0.3, -0.25) is 9.59 Å². The highest BCUT2D eigenvalue weighted by Gasteiger charge is 2.19. The van der Waals surface area contributed by atoms with Gasteiger partial charge in [0, 0.05) is 22.8 Å². The van der Waals surface area contributed by atoms with Crippen molar-refractivity contribution in [2.45, 2.75) is 34.6 Å². The summed E-state index contributed by atoms with van der Waals surface area (Å²) >= 11 is 0. The molecule has 7 nitrogen and oxygen atoms in total. The van der Waals surface area contributed by atoms with E-state index in [1.807, 2.05) is 81.7 Å². The molecule has 2 amide bonds. The van der Waals surface area contributed by atoms with Crippen molar-refractivity contribution in [3.63, 3.8) is 0 Å². The number of aryl methyl sites for hydroxylation is 4. The fourth-order valence-electron chi connectivity index (χ4n) is 3.94. The molecule has 3 aromatic rings. The molecular formula is C26H29N3O4. The number of amides is 2. The molecular weight excluding hydrogens is 418 g/mol. The second-order valence-electron chi connectivity index (χ2n) is 8.13. The lowest BCUT2D eigenvalue weighted by Gasteiger charge is -2.13. The molecule has 0 spiro atoms. The van der Waals surface area contributed by atoms with E-state index >= 15 is 0 Å². The number of nitrogens with one attached hydrogen (secondary N) is 2. The minimum absolute atomic E-state index is 0.217. The molecule has 0 radical (unpaired) electrons. The number of hydrogen-bond donors (Lipinski definition) is 2. The number of para-hydroxylation sites is 1. The van der Waals surface area contributed by atoms with Crippen molar-refractivity contribution in [1.29, 1.82) is 0 Å². The second-order valence-corrected chi connectivity index (χ2v) is 8.13. The smallest absolute Gasteiger partial charge is 0.340 e. The van der Waals surface area contributed by atoms with E-state index in [1.54, 1.807) is 6.07 Å². The summed E-state index contributed by atoms with van der Waals surface area (Å²) in [5.41, 5.74) is 6.70. The fourth-order valence-corrected chi connectivity index (χ4v) is 3.94. The number of rotatable bonds is 7. The van der Waals surface area contributed by atoms with Gasteiger partial charge in [-0.1, -0.05) is 35.9 Å². The van der Waals surface area contributed by atoms with Crippen LogP contribution < -0.4 is 10.6 Å². The number of ether oxygens (including phenoxy) is 1.